The van der Waals surface area contributed by atoms with Crippen LogP contribution in [0.25, 0.3) is 0 Å². The third kappa shape index (κ3) is 2.39. The van der Waals surface area contributed by atoms with Crippen molar-refractivity contribution in [2.24, 2.45) is 0 Å². The Morgan fingerprint density at radius 3 is 2.35 bits per heavy atom. The molecule has 20 heavy (non-hydrogen) atoms. The van der Waals surface area contributed by atoms with Gasteiger partial charge in [0, 0.05) is 17.5 Å². The fourth-order valence-electron chi connectivity index (χ4n) is 3.80. The van der Waals surface area contributed by atoms with E-state index >= 15 is 0 Å². The zero-order valence-corrected chi connectivity index (χ0v) is 13.1. The van der Waals surface area contributed by atoms with Crippen LogP contribution in [0.15, 0.2) is 24.3 Å². The molecule has 110 valence electrons. The molecular formula is C18H26FN. The largest absolute Gasteiger partial charge is 0.291 e. The minimum Gasteiger partial charge on any atom is -0.291 e. The summed E-state index contributed by atoms with van der Waals surface area (Å²) in [5.74, 6) is 0.112. The fourth-order valence-corrected chi connectivity index (χ4v) is 3.80. The first-order valence-electron chi connectivity index (χ1n) is 7.85. The molecule has 2 aliphatic rings. The number of benzene rings is 1. The Kier molecular flexibility index (Phi) is 3.20. The van der Waals surface area contributed by atoms with E-state index in [4.69, 9.17) is 0 Å². The molecular weight excluding hydrogens is 249 g/mol. The van der Waals surface area contributed by atoms with Crippen LogP contribution in [-0.2, 0) is 0 Å². The van der Waals surface area contributed by atoms with Gasteiger partial charge in [-0.25, -0.2) is 4.39 Å². The van der Waals surface area contributed by atoms with Crippen LogP contribution in [0, 0.1) is 0 Å². The van der Waals surface area contributed by atoms with Gasteiger partial charge in [-0.3, -0.25) is 4.90 Å². The highest BCUT2D eigenvalue weighted by atomic mass is 19.1. The highest BCUT2D eigenvalue weighted by molar-refractivity contribution is 5.40. The van der Waals surface area contributed by atoms with Gasteiger partial charge < -0.3 is 0 Å². The number of likely N-dealkylation sites (tertiary alicyclic amines) is 1. The first-order chi connectivity index (χ1) is 9.31. The van der Waals surface area contributed by atoms with Crippen LogP contribution in [0.2, 0.25) is 0 Å². The van der Waals surface area contributed by atoms with Gasteiger partial charge in [0.05, 0.1) is 0 Å². The summed E-state index contributed by atoms with van der Waals surface area (Å²) in [5, 5.41) is 0. The van der Waals surface area contributed by atoms with Crippen molar-refractivity contribution < 1.29 is 4.39 Å². The molecule has 2 heteroatoms. The summed E-state index contributed by atoms with van der Waals surface area (Å²) in [5.41, 5.74) is 1.81. The number of hydrogen-bond donors (Lipinski definition) is 0. The maximum atomic E-state index is 14.1. The zero-order chi connectivity index (χ0) is 14.5. The molecule has 1 aromatic rings. The lowest BCUT2D eigenvalue weighted by Gasteiger charge is -2.38. The first kappa shape index (κ1) is 14.1. The standard InChI is InChI=1S/C18H26FN/c1-17(2,3)20-11-7-10-16(20)14-9-6-5-8-13(14)15-12-18(15,4)19/h5-6,8-9,15-16H,7,10-12H2,1-4H3. The van der Waals surface area contributed by atoms with Gasteiger partial charge >= 0.3 is 0 Å². The van der Waals surface area contributed by atoms with E-state index < -0.39 is 5.67 Å². The van der Waals surface area contributed by atoms with Gasteiger partial charge in [-0.2, -0.15) is 0 Å². The minimum atomic E-state index is -0.985. The average molecular weight is 275 g/mol. The molecule has 3 atom stereocenters. The Hall–Kier alpha value is -0.890. The molecule has 0 bridgehead atoms. The first-order valence-corrected chi connectivity index (χ1v) is 7.85. The Morgan fingerprint density at radius 1 is 1.20 bits per heavy atom. The number of halogens is 1. The van der Waals surface area contributed by atoms with Crippen LogP contribution in [0.5, 0.6) is 0 Å². The van der Waals surface area contributed by atoms with E-state index in [1.807, 2.05) is 0 Å². The third-order valence-corrected chi connectivity index (χ3v) is 5.01. The van der Waals surface area contributed by atoms with E-state index in [9.17, 15) is 4.39 Å². The molecule has 2 fully saturated rings. The van der Waals surface area contributed by atoms with Gasteiger partial charge in [0.2, 0.25) is 0 Å². The molecule has 0 spiro atoms. The lowest BCUT2D eigenvalue weighted by Crippen LogP contribution is -2.40. The minimum absolute atomic E-state index is 0.112. The SMILES string of the molecule is CC1(F)CC1c1ccccc1C1CCCN1C(C)(C)C. The zero-order valence-electron chi connectivity index (χ0n) is 13.1. The molecule has 1 aromatic carbocycles. The molecule has 1 saturated heterocycles. The van der Waals surface area contributed by atoms with Gasteiger partial charge in [0.15, 0.2) is 0 Å². The molecule has 1 aliphatic heterocycles. The van der Waals surface area contributed by atoms with E-state index in [1.54, 1.807) is 6.92 Å². The molecule has 0 radical (unpaired) electrons. The molecule has 1 aliphatic carbocycles. The fraction of sp³-hybridized carbons (Fsp3) is 0.667. The highest BCUT2D eigenvalue weighted by Crippen LogP contribution is 2.56. The van der Waals surface area contributed by atoms with Crippen LogP contribution in [-0.4, -0.2) is 22.7 Å². The highest BCUT2D eigenvalue weighted by Gasteiger charge is 2.53. The lowest BCUT2D eigenvalue weighted by molar-refractivity contribution is 0.121. The van der Waals surface area contributed by atoms with Gasteiger partial charge in [0.1, 0.15) is 5.67 Å². The van der Waals surface area contributed by atoms with Crippen molar-refractivity contribution in [2.45, 2.75) is 70.1 Å². The summed E-state index contributed by atoms with van der Waals surface area (Å²) < 4.78 is 14.1. The van der Waals surface area contributed by atoms with Gasteiger partial charge in [-0.05, 0) is 64.6 Å². The quantitative estimate of drug-likeness (QED) is 0.746. The number of rotatable bonds is 2. The molecule has 0 amide bonds. The molecule has 0 aromatic heterocycles. The number of hydrogen-bond acceptors (Lipinski definition) is 1. The Bertz CT molecular complexity index is 500. The van der Waals surface area contributed by atoms with E-state index in [1.165, 1.54) is 24.0 Å². The van der Waals surface area contributed by atoms with Crippen molar-refractivity contribution >= 4 is 0 Å². The summed E-state index contributed by atoms with van der Waals surface area (Å²) in [4.78, 5) is 2.59. The molecule has 0 N–H and O–H groups in total. The number of nitrogens with zero attached hydrogens (tertiary/aromatic N) is 1. The van der Waals surface area contributed by atoms with Crippen LogP contribution >= 0.6 is 0 Å². The van der Waals surface area contributed by atoms with Gasteiger partial charge in [0.25, 0.3) is 0 Å². The van der Waals surface area contributed by atoms with Crippen LogP contribution in [0.3, 0.4) is 0 Å². The van der Waals surface area contributed by atoms with Crippen molar-refractivity contribution in [1.29, 1.82) is 0 Å². The van der Waals surface area contributed by atoms with E-state index in [0.717, 1.165) is 6.54 Å². The Labute approximate surface area is 122 Å². The van der Waals surface area contributed by atoms with Crippen LogP contribution in [0.4, 0.5) is 4.39 Å². The molecule has 1 saturated carbocycles. The summed E-state index contributed by atoms with van der Waals surface area (Å²) in [6.45, 7) is 9.74. The van der Waals surface area contributed by atoms with E-state index in [0.29, 0.717) is 12.5 Å². The van der Waals surface area contributed by atoms with Crippen LogP contribution in [0.1, 0.15) is 70.0 Å². The van der Waals surface area contributed by atoms with Crippen molar-refractivity contribution in [3.63, 3.8) is 0 Å². The van der Waals surface area contributed by atoms with E-state index in [2.05, 4.69) is 49.9 Å². The monoisotopic (exact) mass is 275 g/mol. The normalized spacial score (nSPS) is 34.5. The molecule has 1 heterocycles. The predicted octanol–water partition coefficient (Wildman–Crippen LogP) is 4.84. The maximum Gasteiger partial charge on any atom is 0.115 e. The second-order valence-electron chi connectivity index (χ2n) is 7.69. The second-order valence-corrected chi connectivity index (χ2v) is 7.69. The smallest absolute Gasteiger partial charge is 0.115 e. The topological polar surface area (TPSA) is 3.24 Å². The third-order valence-electron chi connectivity index (χ3n) is 5.01. The molecule has 3 rings (SSSR count). The van der Waals surface area contributed by atoms with Crippen molar-refractivity contribution in [3.05, 3.63) is 35.4 Å². The van der Waals surface area contributed by atoms with Crippen molar-refractivity contribution in [1.82, 2.24) is 4.90 Å². The number of alkyl halides is 1. The maximum absolute atomic E-state index is 14.1. The summed E-state index contributed by atoms with van der Waals surface area (Å²) in [7, 11) is 0. The van der Waals surface area contributed by atoms with Crippen molar-refractivity contribution in [2.75, 3.05) is 6.54 Å². The van der Waals surface area contributed by atoms with Gasteiger partial charge in [-0.15, -0.1) is 0 Å². The second kappa shape index (κ2) is 4.56. The predicted molar refractivity (Wildman–Crippen MR) is 81.7 cm³/mol. The van der Waals surface area contributed by atoms with Crippen LogP contribution < -0.4 is 0 Å². The van der Waals surface area contributed by atoms with Gasteiger partial charge in [-0.1, -0.05) is 24.3 Å². The van der Waals surface area contributed by atoms with E-state index in [-0.39, 0.29) is 11.5 Å². The summed E-state index contributed by atoms with van der Waals surface area (Å²) in [6.07, 6.45) is 3.13. The Balaban J connectivity index is 1.94. The average Bonchev–Trinajstić information content (AvgIpc) is 2.79. The molecule has 1 nitrogen and oxygen atoms in total. The Morgan fingerprint density at radius 2 is 1.80 bits per heavy atom. The summed E-state index contributed by atoms with van der Waals surface area (Å²) in [6, 6.07) is 8.99. The molecule has 3 unspecified atom stereocenters. The summed E-state index contributed by atoms with van der Waals surface area (Å²) >= 11 is 0. The van der Waals surface area contributed by atoms with Crippen molar-refractivity contribution in [3.8, 4) is 0 Å². The lowest BCUT2D eigenvalue weighted by atomic mass is 9.92.